The van der Waals surface area contributed by atoms with E-state index < -0.39 is 0 Å². The second-order valence-electron chi connectivity index (χ2n) is 4.37. The lowest BCUT2D eigenvalue weighted by Gasteiger charge is -2.29. The lowest BCUT2D eigenvalue weighted by atomic mass is 9.77. The maximum atomic E-state index is 2.43. The summed E-state index contributed by atoms with van der Waals surface area (Å²) in [6.45, 7) is 10.4. The maximum Gasteiger partial charge on any atom is -0.0383 e. The summed E-state index contributed by atoms with van der Waals surface area (Å²) >= 11 is 0. The van der Waals surface area contributed by atoms with E-state index in [1.807, 2.05) is 27.7 Å². The molecule has 0 heteroatoms. The summed E-state index contributed by atoms with van der Waals surface area (Å²) in [5.74, 6) is 3.33. The van der Waals surface area contributed by atoms with E-state index in [9.17, 15) is 0 Å². The molecule has 0 heterocycles. The van der Waals surface area contributed by atoms with Gasteiger partial charge in [0.15, 0.2) is 0 Å². The van der Waals surface area contributed by atoms with Crippen LogP contribution in [0, 0.1) is 17.8 Å². The zero-order valence-corrected chi connectivity index (χ0v) is 11.0. The molecule has 0 radical (unpaired) electrons. The van der Waals surface area contributed by atoms with E-state index in [4.69, 9.17) is 0 Å². The van der Waals surface area contributed by atoms with Gasteiger partial charge in [-0.25, -0.2) is 0 Å². The van der Waals surface area contributed by atoms with Crippen LogP contribution in [-0.4, -0.2) is 0 Å². The van der Waals surface area contributed by atoms with Crippen LogP contribution < -0.4 is 0 Å². The Morgan fingerprint density at radius 3 is 1.93 bits per heavy atom. The minimum atomic E-state index is 1.04. The number of hydrogen-bond acceptors (Lipinski definition) is 0. The van der Waals surface area contributed by atoms with Gasteiger partial charge in [-0.15, -0.1) is 0 Å². The van der Waals surface area contributed by atoms with Crippen LogP contribution in [0.5, 0.6) is 0 Å². The Balaban J connectivity index is 0.000000379. The molecule has 0 spiro atoms. The van der Waals surface area contributed by atoms with Crippen LogP contribution >= 0.6 is 0 Å². The summed E-state index contributed by atoms with van der Waals surface area (Å²) in [6.07, 6.45) is 9.24. The van der Waals surface area contributed by atoms with Crippen LogP contribution in [0.2, 0.25) is 0 Å². The van der Waals surface area contributed by atoms with Crippen molar-refractivity contribution in [3.05, 3.63) is 0 Å². The Labute approximate surface area is 91.5 Å². The summed E-state index contributed by atoms with van der Waals surface area (Å²) in [5.41, 5.74) is 0. The third-order valence-corrected chi connectivity index (χ3v) is 3.55. The molecule has 0 aromatic heterocycles. The van der Waals surface area contributed by atoms with Crippen molar-refractivity contribution >= 4 is 0 Å². The van der Waals surface area contributed by atoms with Crippen LogP contribution in [0.25, 0.3) is 0 Å². The van der Waals surface area contributed by atoms with Gasteiger partial charge >= 0.3 is 0 Å². The van der Waals surface area contributed by atoms with Crippen molar-refractivity contribution in [3.8, 4) is 0 Å². The van der Waals surface area contributed by atoms with E-state index >= 15 is 0 Å². The summed E-state index contributed by atoms with van der Waals surface area (Å²) in [7, 11) is 0. The Bertz CT molecular complexity index is 117. The summed E-state index contributed by atoms with van der Waals surface area (Å²) in [4.78, 5) is 0. The third kappa shape index (κ3) is 4.02. The third-order valence-electron chi connectivity index (χ3n) is 3.55. The molecule has 0 N–H and O–H groups in total. The number of hydrogen-bond donors (Lipinski definition) is 0. The van der Waals surface area contributed by atoms with Gasteiger partial charge in [-0.1, -0.05) is 60.3 Å². The summed E-state index contributed by atoms with van der Waals surface area (Å²) < 4.78 is 0. The van der Waals surface area contributed by atoms with Crippen LogP contribution in [0.15, 0.2) is 0 Å². The van der Waals surface area contributed by atoms with Crippen molar-refractivity contribution < 1.29 is 0 Å². The molecule has 2 aliphatic rings. The first-order valence-corrected chi connectivity index (χ1v) is 6.86. The van der Waals surface area contributed by atoms with Crippen LogP contribution in [-0.2, 0) is 0 Å². The van der Waals surface area contributed by atoms with Gasteiger partial charge in [0, 0.05) is 0 Å². The minimum Gasteiger partial charge on any atom is -0.0683 e. The highest BCUT2D eigenvalue weighted by atomic mass is 14.4. The van der Waals surface area contributed by atoms with Gasteiger partial charge in [-0.2, -0.15) is 0 Å². The fraction of sp³-hybridized carbons (Fsp3) is 1.00. The van der Waals surface area contributed by atoms with Gasteiger partial charge in [0.05, 0.1) is 0 Å². The van der Waals surface area contributed by atoms with E-state index in [0.29, 0.717) is 0 Å². The van der Waals surface area contributed by atoms with E-state index in [2.05, 4.69) is 6.92 Å². The van der Waals surface area contributed by atoms with Crippen molar-refractivity contribution in [1.82, 2.24) is 0 Å². The number of rotatable bonds is 0. The fourth-order valence-corrected chi connectivity index (χ4v) is 2.94. The minimum absolute atomic E-state index is 1.04. The Hall–Kier alpha value is 0. The highest BCUT2D eigenvalue weighted by Gasteiger charge is 2.31. The molecule has 0 saturated heterocycles. The largest absolute Gasteiger partial charge is 0.0683 e. The normalized spacial score (nSPS) is 34.5. The lowest BCUT2D eigenvalue weighted by molar-refractivity contribution is 0.220. The molecule has 2 saturated carbocycles. The first-order chi connectivity index (χ1) is 6.86. The Morgan fingerprint density at radius 1 is 0.714 bits per heavy atom. The van der Waals surface area contributed by atoms with Gasteiger partial charge in [-0.05, 0) is 30.6 Å². The standard InChI is InChI=1S/C10H18.2C2H6/c1-8-5-6-9-3-2-4-10(9)7-8;2*1-2/h8-10H,2-7H2,1H3;2*1-2H3. The molecule has 3 atom stereocenters. The molecule has 86 valence electrons. The monoisotopic (exact) mass is 198 g/mol. The molecule has 0 nitrogen and oxygen atoms in total. The summed E-state index contributed by atoms with van der Waals surface area (Å²) in [5, 5.41) is 0. The fourth-order valence-electron chi connectivity index (χ4n) is 2.94. The van der Waals surface area contributed by atoms with Crippen molar-refractivity contribution in [3.63, 3.8) is 0 Å². The zero-order chi connectivity index (χ0) is 11.0. The molecule has 2 fully saturated rings. The van der Waals surface area contributed by atoms with Gasteiger partial charge in [0.25, 0.3) is 0 Å². The SMILES string of the molecule is CC.CC.CC1CCC2CCCC2C1. The molecule has 3 unspecified atom stereocenters. The van der Waals surface area contributed by atoms with Gasteiger partial charge in [0.1, 0.15) is 0 Å². The van der Waals surface area contributed by atoms with Crippen molar-refractivity contribution in [1.29, 1.82) is 0 Å². The van der Waals surface area contributed by atoms with Gasteiger partial charge < -0.3 is 0 Å². The number of fused-ring (bicyclic) bond motifs is 1. The topological polar surface area (TPSA) is 0 Å². The highest BCUT2D eigenvalue weighted by Crippen LogP contribution is 2.43. The molecule has 0 aromatic carbocycles. The second-order valence-corrected chi connectivity index (χ2v) is 4.37. The van der Waals surface area contributed by atoms with Crippen molar-refractivity contribution in [2.75, 3.05) is 0 Å². The van der Waals surface area contributed by atoms with Gasteiger partial charge in [-0.3, -0.25) is 0 Å². The average molecular weight is 198 g/mol. The predicted molar refractivity (Wildman–Crippen MR) is 66.5 cm³/mol. The molecule has 0 aromatic rings. The van der Waals surface area contributed by atoms with Crippen molar-refractivity contribution in [2.24, 2.45) is 17.8 Å². The molecule has 14 heavy (non-hydrogen) atoms. The lowest BCUT2D eigenvalue weighted by Crippen LogP contribution is -2.18. The Morgan fingerprint density at radius 2 is 1.29 bits per heavy atom. The molecule has 0 amide bonds. The molecule has 2 aliphatic carbocycles. The van der Waals surface area contributed by atoms with Crippen LogP contribution in [0.1, 0.15) is 73.1 Å². The first-order valence-electron chi connectivity index (χ1n) is 6.86. The van der Waals surface area contributed by atoms with E-state index in [1.54, 1.807) is 25.7 Å². The van der Waals surface area contributed by atoms with Gasteiger partial charge in [0.2, 0.25) is 0 Å². The molecular weight excluding hydrogens is 168 g/mol. The quantitative estimate of drug-likeness (QED) is 0.497. The predicted octanol–water partition coefficient (Wildman–Crippen LogP) is 5.28. The van der Waals surface area contributed by atoms with E-state index in [1.165, 1.54) is 12.8 Å². The zero-order valence-electron chi connectivity index (χ0n) is 11.0. The van der Waals surface area contributed by atoms with E-state index in [0.717, 1.165) is 17.8 Å². The highest BCUT2D eigenvalue weighted by molar-refractivity contribution is 4.83. The maximum absolute atomic E-state index is 2.43. The molecule has 0 bridgehead atoms. The Kier molecular flexibility index (Phi) is 8.32. The van der Waals surface area contributed by atoms with Crippen LogP contribution in [0.3, 0.4) is 0 Å². The molecule has 2 rings (SSSR count). The average Bonchev–Trinajstić information content (AvgIpc) is 2.71. The van der Waals surface area contributed by atoms with Crippen molar-refractivity contribution in [2.45, 2.75) is 73.1 Å². The first kappa shape index (κ1) is 14.0. The molecular formula is C14H30. The second kappa shape index (κ2) is 8.32. The summed E-state index contributed by atoms with van der Waals surface area (Å²) in [6, 6.07) is 0. The smallest absolute Gasteiger partial charge is 0.0383 e. The van der Waals surface area contributed by atoms with Crippen LogP contribution in [0.4, 0.5) is 0 Å². The molecule has 0 aliphatic heterocycles. The van der Waals surface area contributed by atoms with E-state index in [-0.39, 0.29) is 0 Å².